The van der Waals surface area contributed by atoms with E-state index in [0.717, 1.165) is 21.3 Å². The topological polar surface area (TPSA) is 57.5 Å². The zero-order chi connectivity index (χ0) is 22.7. The van der Waals surface area contributed by atoms with E-state index in [1.165, 1.54) is 11.7 Å². The van der Waals surface area contributed by atoms with E-state index in [1.807, 2.05) is 73.7 Å². The normalized spacial score (nSPS) is 10.8. The summed E-state index contributed by atoms with van der Waals surface area (Å²) in [5, 5.41) is 1.23. The van der Waals surface area contributed by atoms with Crippen LogP contribution >= 0.6 is 15.9 Å². The van der Waals surface area contributed by atoms with Gasteiger partial charge in [0, 0.05) is 15.4 Å². The van der Waals surface area contributed by atoms with E-state index >= 15 is 0 Å². The average molecular weight is 492 g/mol. The van der Waals surface area contributed by atoms with E-state index in [-0.39, 0.29) is 17.8 Å². The molecule has 6 heteroatoms. The van der Waals surface area contributed by atoms with Crippen LogP contribution in [-0.4, -0.2) is 24.3 Å². The fourth-order valence-corrected chi connectivity index (χ4v) is 4.18. The first-order valence-corrected chi connectivity index (χ1v) is 11.0. The highest BCUT2D eigenvalue weighted by molar-refractivity contribution is 9.10. The minimum atomic E-state index is -0.561. The van der Waals surface area contributed by atoms with E-state index in [0.29, 0.717) is 22.9 Å². The summed E-state index contributed by atoms with van der Waals surface area (Å²) < 4.78 is 13.0. The molecular weight excluding hydrogens is 470 g/mol. The van der Waals surface area contributed by atoms with Gasteiger partial charge in [-0.1, -0.05) is 58.4 Å². The number of aromatic nitrogens is 1. The number of fused-ring (bicyclic) bond motifs is 1. The first-order chi connectivity index (χ1) is 15.5. The second-order valence-corrected chi connectivity index (χ2v) is 8.16. The van der Waals surface area contributed by atoms with Crippen LogP contribution in [0.5, 0.6) is 5.75 Å². The summed E-state index contributed by atoms with van der Waals surface area (Å²) in [6.07, 6.45) is 0. The standard InChI is InChI=1S/C26H22BrNO4/c1-3-32-20-12-9-17(10-13-20)16-28-24(26(30)31-2)23(18-7-5-4-6-8-18)22-15-19(27)11-14-21(22)25(28)29/h4-15H,3,16H2,1-2H3. The summed E-state index contributed by atoms with van der Waals surface area (Å²) >= 11 is 3.50. The van der Waals surface area contributed by atoms with Crippen LogP contribution in [0.2, 0.25) is 0 Å². The van der Waals surface area contributed by atoms with E-state index in [1.54, 1.807) is 6.07 Å². The molecule has 32 heavy (non-hydrogen) atoms. The maximum absolute atomic E-state index is 13.6. The first kappa shape index (κ1) is 21.8. The van der Waals surface area contributed by atoms with Crippen molar-refractivity contribution >= 4 is 32.7 Å². The van der Waals surface area contributed by atoms with Crippen LogP contribution < -0.4 is 10.3 Å². The lowest BCUT2D eigenvalue weighted by Crippen LogP contribution is -2.28. The molecule has 0 saturated carbocycles. The van der Waals surface area contributed by atoms with Crippen LogP contribution in [-0.2, 0) is 11.3 Å². The predicted molar refractivity (Wildman–Crippen MR) is 129 cm³/mol. The molecule has 0 atom stereocenters. The van der Waals surface area contributed by atoms with Gasteiger partial charge in [0.15, 0.2) is 0 Å². The SMILES string of the molecule is CCOc1ccc(Cn2c(C(=O)OC)c(-c3ccccc3)c3cc(Br)ccc3c2=O)cc1. The molecule has 0 radical (unpaired) electrons. The minimum absolute atomic E-state index is 0.224. The zero-order valence-corrected chi connectivity index (χ0v) is 19.4. The van der Waals surface area contributed by atoms with Gasteiger partial charge in [-0.2, -0.15) is 0 Å². The molecule has 0 amide bonds. The Kier molecular flexibility index (Phi) is 6.42. The molecule has 1 aromatic heterocycles. The molecule has 0 aliphatic carbocycles. The zero-order valence-electron chi connectivity index (χ0n) is 17.8. The number of rotatable bonds is 6. The lowest BCUT2D eigenvalue weighted by molar-refractivity contribution is 0.0588. The van der Waals surface area contributed by atoms with Crippen molar-refractivity contribution < 1.29 is 14.3 Å². The molecule has 4 rings (SSSR count). The maximum Gasteiger partial charge on any atom is 0.355 e. The lowest BCUT2D eigenvalue weighted by Gasteiger charge is -2.19. The van der Waals surface area contributed by atoms with Gasteiger partial charge in [-0.15, -0.1) is 0 Å². The van der Waals surface area contributed by atoms with Gasteiger partial charge in [-0.3, -0.25) is 9.36 Å². The monoisotopic (exact) mass is 491 g/mol. The molecule has 0 spiro atoms. The smallest absolute Gasteiger partial charge is 0.355 e. The van der Waals surface area contributed by atoms with Crippen molar-refractivity contribution in [2.45, 2.75) is 13.5 Å². The van der Waals surface area contributed by atoms with Crippen LogP contribution in [0.3, 0.4) is 0 Å². The van der Waals surface area contributed by atoms with E-state index in [2.05, 4.69) is 15.9 Å². The summed E-state index contributed by atoms with van der Waals surface area (Å²) in [6.45, 7) is 2.72. The van der Waals surface area contributed by atoms with Gasteiger partial charge in [-0.25, -0.2) is 4.79 Å². The Labute approximate surface area is 194 Å². The molecule has 0 bridgehead atoms. The number of carbonyl (C=O) groups is 1. The summed E-state index contributed by atoms with van der Waals surface area (Å²) in [5.41, 5.74) is 2.34. The molecule has 0 aliphatic rings. The van der Waals surface area contributed by atoms with E-state index in [4.69, 9.17) is 9.47 Å². The molecule has 0 N–H and O–H groups in total. The molecule has 0 aliphatic heterocycles. The van der Waals surface area contributed by atoms with Crippen LogP contribution in [0.1, 0.15) is 23.0 Å². The van der Waals surface area contributed by atoms with Crippen molar-refractivity contribution in [1.82, 2.24) is 4.57 Å². The molecule has 0 unspecified atom stereocenters. The number of hydrogen-bond acceptors (Lipinski definition) is 4. The van der Waals surface area contributed by atoms with Crippen LogP contribution in [0, 0.1) is 0 Å². The van der Waals surface area contributed by atoms with Crippen LogP contribution in [0.4, 0.5) is 0 Å². The number of hydrogen-bond donors (Lipinski definition) is 0. The van der Waals surface area contributed by atoms with Gasteiger partial charge < -0.3 is 9.47 Å². The number of methoxy groups -OCH3 is 1. The van der Waals surface area contributed by atoms with Crippen molar-refractivity contribution in [1.29, 1.82) is 0 Å². The lowest BCUT2D eigenvalue weighted by atomic mass is 9.96. The summed E-state index contributed by atoms with van der Waals surface area (Å²) in [5.74, 6) is 0.193. The number of carbonyl (C=O) groups excluding carboxylic acids is 1. The summed E-state index contributed by atoms with van der Waals surface area (Å²) in [4.78, 5) is 26.6. The molecule has 162 valence electrons. The minimum Gasteiger partial charge on any atom is -0.494 e. The first-order valence-electron chi connectivity index (χ1n) is 10.2. The molecule has 5 nitrogen and oxygen atoms in total. The van der Waals surface area contributed by atoms with Gasteiger partial charge in [0.25, 0.3) is 5.56 Å². The molecule has 3 aromatic carbocycles. The third kappa shape index (κ3) is 4.18. The molecular formula is C26H22BrNO4. The van der Waals surface area contributed by atoms with Gasteiger partial charge in [-0.05, 0) is 53.8 Å². The highest BCUT2D eigenvalue weighted by Gasteiger charge is 2.24. The van der Waals surface area contributed by atoms with Gasteiger partial charge in [0.2, 0.25) is 0 Å². The predicted octanol–water partition coefficient (Wildman–Crippen LogP) is 5.66. The van der Waals surface area contributed by atoms with E-state index in [9.17, 15) is 9.59 Å². The fourth-order valence-electron chi connectivity index (χ4n) is 3.82. The Bertz CT molecular complexity index is 1330. The Morgan fingerprint density at radius 2 is 1.69 bits per heavy atom. The van der Waals surface area contributed by atoms with Crippen molar-refractivity contribution in [2.75, 3.05) is 13.7 Å². The largest absolute Gasteiger partial charge is 0.494 e. The van der Waals surface area contributed by atoms with Crippen molar-refractivity contribution in [3.63, 3.8) is 0 Å². The van der Waals surface area contributed by atoms with Gasteiger partial charge >= 0.3 is 5.97 Å². The Hall–Kier alpha value is -3.38. The number of nitrogens with zero attached hydrogens (tertiary/aromatic N) is 1. The van der Waals surface area contributed by atoms with Crippen molar-refractivity contribution in [2.24, 2.45) is 0 Å². The van der Waals surface area contributed by atoms with E-state index < -0.39 is 5.97 Å². The Morgan fingerprint density at radius 1 is 0.969 bits per heavy atom. The van der Waals surface area contributed by atoms with Gasteiger partial charge in [0.05, 0.1) is 20.3 Å². The third-order valence-corrected chi connectivity index (χ3v) is 5.74. The molecule has 4 aromatic rings. The number of esters is 1. The fraction of sp³-hybridized carbons (Fsp3) is 0.154. The maximum atomic E-state index is 13.6. The van der Waals surface area contributed by atoms with Crippen LogP contribution in [0.25, 0.3) is 21.9 Å². The number of halogens is 1. The molecule has 0 fully saturated rings. The Morgan fingerprint density at radius 3 is 2.34 bits per heavy atom. The quantitative estimate of drug-likeness (QED) is 0.326. The summed E-state index contributed by atoms with van der Waals surface area (Å²) in [6, 6.07) is 22.6. The number of pyridine rings is 1. The van der Waals surface area contributed by atoms with Crippen LogP contribution in [0.15, 0.2) is 82.1 Å². The highest BCUT2D eigenvalue weighted by Crippen LogP contribution is 2.33. The van der Waals surface area contributed by atoms with Crippen molar-refractivity contribution in [3.8, 4) is 16.9 Å². The summed E-state index contributed by atoms with van der Waals surface area (Å²) in [7, 11) is 1.33. The second-order valence-electron chi connectivity index (χ2n) is 7.24. The van der Waals surface area contributed by atoms with Crippen molar-refractivity contribution in [3.05, 3.63) is 98.9 Å². The average Bonchev–Trinajstić information content (AvgIpc) is 2.82. The Balaban J connectivity index is 2.01. The van der Waals surface area contributed by atoms with Gasteiger partial charge in [0.1, 0.15) is 11.4 Å². The number of ether oxygens (including phenoxy) is 2. The molecule has 0 saturated heterocycles. The molecule has 1 heterocycles. The third-order valence-electron chi connectivity index (χ3n) is 5.25. The highest BCUT2D eigenvalue weighted by atomic mass is 79.9. The second kappa shape index (κ2) is 9.40. The number of benzene rings is 3.